The molecule has 2 aromatic rings. The Labute approximate surface area is 116 Å². The van der Waals surface area contributed by atoms with Crippen molar-refractivity contribution in [1.29, 1.82) is 0 Å². The SMILES string of the molecule is CC(=O)O.OC(c1ccccc1)c1cccnc1Cl. The Kier molecular flexibility index (Phi) is 5.99. The number of aliphatic hydroxyl groups excluding tert-OH is 1. The first kappa shape index (κ1) is 15.1. The smallest absolute Gasteiger partial charge is 0.300 e. The summed E-state index contributed by atoms with van der Waals surface area (Å²) >= 11 is 5.90. The average molecular weight is 280 g/mol. The van der Waals surface area contributed by atoms with Crippen LogP contribution in [0.15, 0.2) is 48.7 Å². The zero-order valence-corrected chi connectivity index (χ0v) is 11.1. The van der Waals surface area contributed by atoms with Crippen LogP contribution in [0.2, 0.25) is 5.15 Å². The van der Waals surface area contributed by atoms with Gasteiger partial charge in [0.1, 0.15) is 11.3 Å². The van der Waals surface area contributed by atoms with E-state index < -0.39 is 12.1 Å². The standard InChI is InChI=1S/C12H10ClNO.C2H4O2/c13-12-10(7-4-8-14-12)11(15)9-5-2-1-3-6-9;1-2(3)4/h1-8,11,15H;1H3,(H,3,4). The number of aliphatic carboxylic acids is 1. The summed E-state index contributed by atoms with van der Waals surface area (Å²) in [5.41, 5.74) is 1.44. The summed E-state index contributed by atoms with van der Waals surface area (Å²) in [4.78, 5) is 12.9. The number of aromatic nitrogens is 1. The van der Waals surface area contributed by atoms with E-state index in [4.69, 9.17) is 21.5 Å². The van der Waals surface area contributed by atoms with Gasteiger partial charge in [-0.2, -0.15) is 0 Å². The van der Waals surface area contributed by atoms with Crippen LogP contribution in [0.1, 0.15) is 24.2 Å². The number of carboxylic acid groups (broad SMARTS) is 1. The van der Waals surface area contributed by atoms with E-state index in [0.717, 1.165) is 12.5 Å². The summed E-state index contributed by atoms with van der Waals surface area (Å²) in [6.45, 7) is 1.08. The second-order valence-corrected chi connectivity index (χ2v) is 4.07. The van der Waals surface area contributed by atoms with Crippen LogP contribution in [0.25, 0.3) is 0 Å². The van der Waals surface area contributed by atoms with Crippen LogP contribution in [0.4, 0.5) is 0 Å². The lowest BCUT2D eigenvalue weighted by molar-refractivity contribution is -0.134. The van der Waals surface area contributed by atoms with Crippen molar-refractivity contribution in [1.82, 2.24) is 4.98 Å². The minimum atomic E-state index is -0.833. The van der Waals surface area contributed by atoms with Crippen LogP contribution in [-0.4, -0.2) is 21.2 Å². The Morgan fingerprint density at radius 1 is 1.21 bits per heavy atom. The van der Waals surface area contributed by atoms with Gasteiger partial charge in [0, 0.05) is 18.7 Å². The monoisotopic (exact) mass is 279 g/mol. The lowest BCUT2D eigenvalue weighted by Gasteiger charge is -2.11. The molecular formula is C14H14ClNO3. The molecule has 1 aromatic heterocycles. The molecule has 0 bridgehead atoms. The molecule has 1 heterocycles. The molecule has 100 valence electrons. The maximum Gasteiger partial charge on any atom is 0.300 e. The molecule has 0 radical (unpaired) electrons. The number of nitrogens with zero attached hydrogens (tertiary/aromatic N) is 1. The number of hydrogen-bond donors (Lipinski definition) is 2. The van der Waals surface area contributed by atoms with Gasteiger partial charge in [-0.25, -0.2) is 4.98 Å². The number of halogens is 1. The highest BCUT2D eigenvalue weighted by Crippen LogP contribution is 2.25. The highest BCUT2D eigenvalue weighted by Gasteiger charge is 2.13. The maximum absolute atomic E-state index is 10.0. The van der Waals surface area contributed by atoms with Gasteiger partial charge >= 0.3 is 0 Å². The van der Waals surface area contributed by atoms with E-state index in [-0.39, 0.29) is 0 Å². The number of hydrogen-bond acceptors (Lipinski definition) is 3. The molecule has 0 aliphatic rings. The van der Waals surface area contributed by atoms with Crippen molar-refractivity contribution >= 4 is 17.6 Å². The van der Waals surface area contributed by atoms with E-state index in [0.29, 0.717) is 10.7 Å². The van der Waals surface area contributed by atoms with Gasteiger partial charge in [0.2, 0.25) is 0 Å². The second kappa shape index (κ2) is 7.51. The van der Waals surface area contributed by atoms with Crippen molar-refractivity contribution in [2.45, 2.75) is 13.0 Å². The number of rotatable bonds is 2. The minimum absolute atomic E-state index is 0.342. The zero-order valence-electron chi connectivity index (χ0n) is 10.3. The van der Waals surface area contributed by atoms with E-state index in [1.165, 1.54) is 0 Å². The van der Waals surface area contributed by atoms with Gasteiger partial charge < -0.3 is 10.2 Å². The quantitative estimate of drug-likeness (QED) is 0.829. The van der Waals surface area contributed by atoms with Gasteiger partial charge in [-0.3, -0.25) is 4.79 Å². The number of benzene rings is 1. The summed E-state index contributed by atoms with van der Waals surface area (Å²) in [7, 11) is 0. The van der Waals surface area contributed by atoms with Gasteiger partial charge in [-0.15, -0.1) is 0 Å². The Morgan fingerprint density at radius 3 is 2.32 bits per heavy atom. The fourth-order valence-electron chi connectivity index (χ4n) is 1.42. The molecule has 0 saturated carbocycles. The van der Waals surface area contributed by atoms with Gasteiger partial charge in [-0.1, -0.05) is 48.0 Å². The number of carbonyl (C=O) groups is 1. The summed E-state index contributed by atoms with van der Waals surface area (Å²) < 4.78 is 0. The van der Waals surface area contributed by atoms with Gasteiger partial charge in [0.25, 0.3) is 5.97 Å². The molecule has 0 spiro atoms. The van der Waals surface area contributed by atoms with Crippen molar-refractivity contribution in [3.8, 4) is 0 Å². The molecule has 0 aliphatic heterocycles. The predicted octanol–water partition coefficient (Wildman–Crippen LogP) is 2.91. The van der Waals surface area contributed by atoms with Crippen LogP contribution in [0.5, 0.6) is 0 Å². The molecular weight excluding hydrogens is 266 g/mol. The van der Waals surface area contributed by atoms with E-state index in [9.17, 15) is 5.11 Å². The molecule has 0 amide bonds. The number of pyridine rings is 1. The van der Waals surface area contributed by atoms with E-state index >= 15 is 0 Å². The first-order valence-corrected chi connectivity index (χ1v) is 5.93. The molecule has 1 aromatic carbocycles. The van der Waals surface area contributed by atoms with E-state index in [2.05, 4.69) is 4.98 Å². The van der Waals surface area contributed by atoms with Crippen molar-refractivity contribution in [3.63, 3.8) is 0 Å². The van der Waals surface area contributed by atoms with Gasteiger partial charge in [0.05, 0.1) is 0 Å². The maximum atomic E-state index is 10.0. The lowest BCUT2D eigenvalue weighted by Crippen LogP contribution is -2.00. The third-order valence-electron chi connectivity index (χ3n) is 2.20. The first-order valence-electron chi connectivity index (χ1n) is 5.55. The molecule has 2 N–H and O–H groups in total. The third-order valence-corrected chi connectivity index (χ3v) is 2.51. The molecule has 19 heavy (non-hydrogen) atoms. The number of aliphatic hydroxyl groups is 1. The molecule has 2 rings (SSSR count). The van der Waals surface area contributed by atoms with Gasteiger partial charge in [-0.05, 0) is 11.6 Å². The Morgan fingerprint density at radius 2 is 1.79 bits per heavy atom. The molecule has 0 fully saturated rings. The van der Waals surface area contributed by atoms with Crippen molar-refractivity contribution < 1.29 is 15.0 Å². The average Bonchev–Trinajstić information content (AvgIpc) is 2.39. The molecule has 1 unspecified atom stereocenters. The zero-order chi connectivity index (χ0) is 14.3. The Balaban J connectivity index is 0.000000399. The predicted molar refractivity (Wildman–Crippen MR) is 73.1 cm³/mol. The van der Waals surface area contributed by atoms with E-state index in [1.54, 1.807) is 18.3 Å². The van der Waals surface area contributed by atoms with E-state index in [1.807, 2.05) is 30.3 Å². The third kappa shape index (κ3) is 5.07. The molecule has 5 heteroatoms. The summed E-state index contributed by atoms with van der Waals surface area (Å²) in [5.74, 6) is -0.833. The van der Waals surface area contributed by atoms with Crippen LogP contribution >= 0.6 is 11.6 Å². The van der Waals surface area contributed by atoms with Crippen LogP contribution < -0.4 is 0 Å². The Bertz CT molecular complexity index is 527. The molecule has 1 atom stereocenters. The lowest BCUT2D eigenvalue weighted by atomic mass is 10.0. The van der Waals surface area contributed by atoms with Crippen LogP contribution in [0.3, 0.4) is 0 Å². The molecule has 0 aliphatic carbocycles. The van der Waals surface area contributed by atoms with Crippen molar-refractivity contribution in [3.05, 3.63) is 64.9 Å². The summed E-state index contributed by atoms with van der Waals surface area (Å²) in [6, 6.07) is 12.9. The summed E-state index contributed by atoms with van der Waals surface area (Å²) in [5, 5.41) is 17.8. The highest BCUT2D eigenvalue weighted by molar-refractivity contribution is 6.30. The highest BCUT2D eigenvalue weighted by atomic mass is 35.5. The largest absolute Gasteiger partial charge is 0.481 e. The minimum Gasteiger partial charge on any atom is -0.481 e. The molecule has 0 saturated heterocycles. The topological polar surface area (TPSA) is 70.4 Å². The fraction of sp³-hybridized carbons (Fsp3) is 0.143. The first-order chi connectivity index (χ1) is 9.02. The van der Waals surface area contributed by atoms with Crippen LogP contribution in [-0.2, 0) is 4.79 Å². The summed E-state index contributed by atoms with van der Waals surface area (Å²) in [6.07, 6.45) is 0.885. The number of carboxylic acids is 1. The fourth-order valence-corrected chi connectivity index (χ4v) is 1.64. The van der Waals surface area contributed by atoms with Crippen molar-refractivity contribution in [2.75, 3.05) is 0 Å². The molecule has 4 nitrogen and oxygen atoms in total. The van der Waals surface area contributed by atoms with Crippen LogP contribution in [0, 0.1) is 0 Å². The normalized spacial score (nSPS) is 11.1. The Hall–Kier alpha value is -1.91. The van der Waals surface area contributed by atoms with Gasteiger partial charge in [0.15, 0.2) is 0 Å². The second-order valence-electron chi connectivity index (χ2n) is 3.72. The van der Waals surface area contributed by atoms with Crippen molar-refractivity contribution in [2.24, 2.45) is 0 Å².